The molecule has 132 valence electrons. The van der Waals surface area contributed by atoms with E-state index in [2.05, 4.69) is 6.07 Å². The summed E-state index contributed by atoms with van der Waals surface area (Å²) in [5.41, 5.74) is 2.44. The fourth-order valence-corrected chi connectivity index (χ4v) is 4.76. The Hall–Kier alpha value is -3.10. The van der Waals surface area contributed by atoms with Crippen molar-refractivity contribution in [3.05, 3.63) is 70.9 Å². The maximum absolute atomic E-state index is 13.3. The third-order valence-corrected chi connectivity index (χ3v) is 5.90. The lowest BCUT2D eigenvalue weighted by Crippen LogP contribution is -2.40. The zero-order valence-electron chi connectivity index (χ0n) is 14.1. The Labute approximate surface area is 161 Å². The first kappa shape index (κ1) is 16.1. The number of amides is 2. The molecule has 5 rings (SSSR count). The fourth-order valence-electron chi connectivity index (χ4n) is 4.58. The molecule has 0 saturated carbocycles. The van der Waals surface area contributed by atoms with Gasteiger partial charge < -0.3 is 4.90 Å². The first-order chi connectivity index (χ1) is 13.1. The molecule has 0 aromatic heterocycles. The quantitative estimate of drug-likeness (QED) is 0.717. The van der Waals surface area contributed by atoms with E-state index in [1.54, 1.807) is 24.3 Å². The van der Waals surface area contributed by atoms with E-state index in [4.69, 9.17) is 11.6 Å². The Bertz CT molecular complexity index is 1060. The van der Waals surface area contributed by atoms with Gasteiger partial charge in [-0.1, -0.05) is 41.9 Å². The Kier molecular flexibility index (Phi) is 3.40. The minimum atomic E-state index is -0.692. The summed E-state index contributed by atoms with van der Waals surface area (Å²) in [5.74, 6) is -1.89. The molecule has 2 saturated heterocycles. The molecule has 0 spiro atoms. The van der Waals surface area contributed by atoms with Crippen LogP contribution in [0.1, 0.15) is 17.2 Å². The maximum atomic E-state index is 13.3. The number of hydrogen-bond donors (Lipinski definition) is 0. The third kappa shape index (κ3) is 2.11. The number of nitriles is 1. The average molecular weight is 376 g/mol. The summed E-state index contributed by atoms with van der Waals surface area (Å²) in [5, 5.41) is 10.2. The van der Waals surface area contributed by atoms with Crippen molar-refractivity contribution in [1.82, 2.24) is 4.90 Å². The monoisotopic (exact) mass is 375 g/mol. The van der Waals surface area contributed by atoms with Crippen LogP contribution in [0.2, 0.25) is 5.02 Å². The molecule has 3 heterocycles. The van der Waals surface area contributed by atoms with Gasteiger partial charge in [-0.15, -0.1) is 0 Å². The normalized spacial score (nSPS) is 28.0. The fraction of sp³-hybridized carbons (Fsp3) is 0.190. The van der Waals surface area contributed by atoms with Gasteiger partial charge in [-0.3, -0.25) is 9.59 Å². The Morgan fingerprint density at radius 1 is 1.00 bits per heavy atom. The summed E-state index contributed by atoms with van der Waals surface area (Å²) >= 11 is 6.05. The van der Waals surface area contributed by atoms with E-state index in [0.29, 0.717) is 10.7 Å². The Morgan fingerprint density at radius 3 is 2.56 bits per heavy atom. The largest absolute Gasteiger partial charge is 0.353 e. The van der Waals surface area contributed by atoms with Gasteiger partial charge in [0.25, 0.3) is 0 Å². The summed E-state index contributed by atoms with van der Waals surface area (Å²) in [6.45, 7) is 0. The number of hydrogen-bond acceptors (Lipinski definition) is 4. The molecular weight excluding hydrogens is 362 g/mol. The number of fused-ring (bicyclic) bond motifs is 5. The molecule has 2 aromatic rings. The van der Waals surface area contributed by atoms with Gasteiger partial charge in [0.05, 0.1) is 29.6 Å². The van der Waals surface area contributed by atoms with Crippen molar-refractivity contribution in [3.8, 4) is 6.07 Å². The number of benzene rings is 2. The maximum Gasteiger partial charge on any atom is 0.240 e. The van der Waals surface area contributed by atoms with Gasteiger partial charge in [0.1, 0.15) is 6.04 Å². The van der Waals surface area contributed by atoms with Crippen molar-refractivity contribution in [2.45, 2.75) is 12.1 Å². The molecule has 3 aliphatic rings. The van der Waals surface area contributed by atoms with Crippen LogP contribution >= 0.6 is 11.6 Å². The van der Waals surface area contributed by atoms with Crippen molar-refractivity contribution in [1.29, 1.82) is 5.26 Å². The van der Waals surface area contributed by atoms with Gasteiger partial charge in [0, 0.05) is 11.2 Å². The molecule has 2 fully saturated rings. The van der Waals surface area contributed by atoms with Crippen molar-refractivity contribution in [2.75, 3.05) is 4.90 Å². The zero-order valence-corrected chi connectivity index (χ0v) is 14.9. The third-order valence-electron chi connectivity index (χ3n) is 5.66. The average Bonchev–Trinajstić information content (AvgIpc) is 3.14. The second-order valence-corrected chi connectivity index (χ2v) is 7.39. The second-order valence-electron chi connectivity index (χ2n) is 6.95. The zero-order chi connectivity index (χ0) is 18.7. The molecule has 2 aromatic carbocycles. The lowest BCUT2D eigenvalue weighted by atomic mass is 9.85. The number of nitrogens with zero attached hydrogens (tertiary/aromatic N) is 3. The van der Waals surface area contributed by atoms with Crippen molar-refractivity contribution in [3.63, 3.8) is 0 Å². The van der Waals surface area contributed by atoms with Crippen molar-refractivity contribution in [2.24, 2.45) is 11.8 Å². The molecule has 0 radical (unpaired) electrons. The standard InChI is InChI=1S/C21H14ClN3O2/c22-13-5-3-6-14(10-13)25-20(26)17-16(11-23)24-9-8-12-4-1-2-7-15(12)19(24)18(17)21(25)27/h1-10,16-19H/t16-,17+,18-,19+/m1/s1. The molecule has 6 heteroatoms. The molecule has 0 unspecified atom stereocenters. The van der Waals surface area contributed by atoms with E-state index >= 15 is 0 Å². The highest BCUT2D eigenvalue weighted by molar-refractivity contribution is 6.31. The Balaban J connectivity index is 1.65. The van der Waals surface area contributed by atoms with Crippen LogP contribution in [0.15, 0.2) is 54.7 Å². The molecule has 27 heavy (non-hydrogen) atoms. The van der Waals surface area contributed by atoms with Gasteiger partial charge >= 0.3 is 0 Å². The van der Waals surface area contributed by atoms with Gasteiger partial charge in [0.15, 0.2) is 0 Å². The first-order valence-electron chi connectivity index (χ1n) is 8.69. The van der Waals surface area contributed by atoms with Crippen LogP contribution in [0.3, 0.4) is 0 Å². The van der Waals surface area contributed by atoms with E-state index < -0.39 is 17.9 Å². The van der Waals surface area contributed by atoms with Crippen molar-refractivity contribution >= 4 is 35.2 Å². The van der Waals surface area contributed by atoms with Gasteiger partial charge in [-0.25, -0.2) is 4.90 Å². The van der Waals surface area contributed by atoms with Crippen LogP contribution in [-0.4, -0.2) is 22.8 Å². The molecular formula is C21H14ClN3O2. The van der Waals surface area contributed by atoms with Crippen LogP contribution < -0.4 is 4.90 Å². The molecule has 0 bridgehead atoms. The van der Waals surface area contributed by atoms with E-state index in [0.717, 1.165) is 11.1 Å². The topological polar surface area (TPSA) is 64.4 Å². The molecule has 3 aliphatic heterocycles. The van der Waals surface area contributed by atoms with E-state index in [-0.39, 0.29) is 17.9 Å². The van der Waals surface area contributed by atoms with Crippen LogP contribution in [0, 0.1) is 23.2 Å². The predicted octanol–water partition coefficient (Wildman–Crippen LogP) is 3.38. The summed E-state index contributed by atoms with van der Waals surface area (Å²) in [4.78, 5) is 29.6. The first-order valence-corrected chi connectivity index (χ1v) is 9.07. The second kappa shape index (κ2) is 5.70. The minimum absolute atomic E-state index is 0.273. The number of carbonyl (C=O) groups excluding carboxylic acids is 2. The summed E-state index contributed by atoms with van der Waals surface area (Å²) in [6, 6.07) is 15.8. The molecule has 0 aliphatic carbocycles. The minimum Gasteiger partial charge on any atom is -0.353 e. The van der Waals surface area contributed by atoms with Crippen LogP contribution in [0.5, 0.6) is 0 Å². The van der Waals surface area contributed by atoms with Crippen LogP contribution in [0.4, 0.5) is 5.69 Å². The van der Waals surface area contributed by atoms with Gasteiger partial charge in [0.2, 0.25) is 11.8 Å². The van der Waals surface area contributed by atoms with Gasteiger partial charge in [-0.05, 0) is 35.4 Å². The number of imide groups is 1. The SMILES string of the molecule is N#C[C@@H]1[C@@H]2C(=O)N(c3cccc(Cl)c3)C(=O)[C@H]2[C@@H]2c3ccccc3C=CN12. The summed E-state index contributed by atoms with van der Waals surface area (Å²) in [6.07, 6.45) is 3.77. The number of carbonyl (C=O) groups is 2. The van der Waals surface area contributed by atoms with Gasteiger partial charge in [-0.2, -0.15) is 5.26 Å². The van der Waals surface area contributed by atoms with Crippen LogP contribution in [0.25, 0.3) is 6.08 Å². The van der Waals surface area contributed by atoms with E-state index in [1.807, 2.05) is 41.4 Å². The predicted molar refractivity (Wildman–Crippen MR) is 100 cm³/mol. The summed E-state index contributed by atoms with van der Waals surface area (Å²) in [7, 11) is 0. The molecule has 0 N–H and O–H groups in total. The molecule has 2 amide bonds. The number of rotatable bonds is 1. The smallest absolute Gasteiger partial charge is 0.240 e. The highest BCUT2D eigenvalue weighted by Crippen LogP contribution is 2.52. The number of anilines is 1. The van der Waals surface area contributed by atoms with E-state index in [9.17, 15) is 14.9 Å². The molecule has 4 atom stereocenters. The van der Waals surface area contributed by atoms with E-state index in [1.165, 1.54) is 4.90 Å². The Morgan fingerprint density at radius 2 is 1.78 bits per heavy atom. The highest BCUT2D eigenvalue weighted by atomic mass is 35.5. The lowest BCUT2D eigenvalue weighted by Gasteiger charge is -2.33. The number of halogens is 1. The van der Waals surface area contributed by atoms with Crippen molar-refractivity contribution < 1.29 is 9.59 Å². The highest BCUT2D eigenvalue weighted by Gasteiger charge is 2.63. The summed E-state index contributed by atoms with van der Waals surface area (Å²) < 4.78 is 0. The lowest BCUT2D eigenvalue weighted by molar-refractivity contribution is -0.123. The van der Waals surface area contributed by atoms with Crippen LogP contribution in [-0.2, 0) is 9.59 Å². The molecule has 5 nitrogen and oxygen atoms in total.